The molecule has 110 valence electrons. The second-order valence-electron chi connectivity index (χ2n) is 5.44. The molecule has 0 heterocycles. The Balaban J connectivity index is 2.53. The molecule has 3 N–H and O–H groups in total. The Morgan fingerprint density at radius 3 is 2.58 bits per heavy atom. The fourth-order valence-electron chi connectivity index (χ4n) is 2.72. The first-order valence-electron chi connectivity index (χ1n) is 7.14. The number of thiocarbonyl (C=S) groups is 1. The maximum absolute atomic E-state index is 12.0. The highest BCUT2D eigenvalue weighted by atomic mass is 32.1. The van der Waals surface area contributed by atoms with Crippen LogP contribution < -0.4 is 11.1 Å². The molecule has 0 saturated heterocycles. The van der Waals surface area contributed by atoms with E-state index in [4.69, 9.17) is 22.7 Å². The fraction of sp³-hybridized carbons (Fsp3) is 0.857. The lowest BCUT2D eigenvalue weighted by molar-refractivity contribution is -0.123. The number of hydrogen-bond donors (Lipinski definition) is 2. The molecular weight excluding hydrogens is 260 g/mol. The van der Waals surface area contributed by atoms with E-state index in [2.05, 4.69) is 12.2 Å². The standard InChI is InChI=1S/C14H26N2O2S/c1-3-11-6-8-14(9-7-11,13(15)19)16-12(17)5-4-10-18-2/h11H,3-10H2,1-2H3,(H2,15,19)(H,16,17). The van der Waals surface area contributed by atoms with E-state index in [1.807, 2.05) is 0 Å². The lowest BCUT2D eigenvalue weighted by atomic mass is 9.75. The molecule has 1 amide bonds. The van der Waals surface area contributed by atoms with Crippen LogP contribution in [-0.4, -0.2) is 30.2 Å². The van der Waals surface area contributed by atoms with Crippen LogP contribution in [0.1, 0.15) is 51.9 Å². The third-order valence-electron chi connectivity index (χ3n) is 4.14. The highest BCUT2D eigenvalue weighted by Crippen LogP contribution is 2.34. The smallest absolute Gasteiger partial charge is 0.220 e. The average molecular weight is 286 g/mol. The van der Waals surface area contributed by atoms with Crippen LogP contribution in [-0.2, 0) is 9.53 Å². The van der Waals surface area contributed by atoms with E-state index < -0.39 is 5.54 Å². The van der Waals surface area contributed by atoms with Crippen molar-refractivity contribution in [3.8, 4) is 0 Å². The van der Waals surface area contributed by atoms with Gasteiger partial charge in [0.25, 0.3) is 0 Å². The SMILES string of the molecule is CCC1CCC(NC(=O)CCCOC)(C(N)=S)CC1. The molecule has 0 atom stereocenters. The van der Waals surface area contributed by atoms with Gasteiger partial charge >= 0.3 is 0 Å². The van der Waals surface area contributed by atoms with E-state index >= 15 is 0 Å². The molecule has 0 aliphatic heterocycles. The van der Waals surface area contributed by atoms with Gasteiger partial charge in [-0.05, 0) is 38.0 Å². The summed E-state index contributed by atoms with van der Waals surface area (Å²) in [7, 11) is 1.64. The van der Waals surface area contributed by atoms with E-state index in [-0.39, 0.29) is 5.91 Å². The molecule has 0 spiro atoms. The predicted molar refractivity (Wildman–Crippen MR) is 81.0 cm³/mol. The van der Waals surface area contributed by atoms with E-state index in [1.165, 1.54) is 6.42 Å². The molecule has 0 radical (unpaired) electrons. The maximum Gasteiger partial charge on any atom is 0.220 e. The van der Waals surface area contributed by atoms with Crippen LogP contribution in [0.3, 0.4) is 0 Å². The van der Waals surface area contributed by atoms with Crippen LogP contribution in [0.2, 0.25) is 0 Å². The number of amides is 1. The van der Waals surface area contributed by atoms with Crippen molar-refractivity contribution in [2.45, 2.75) is 57.4 Å². The van der Waals surface area contributed by atoms with Gasteiger partial charge in [-0.2, -0.15) is 0 Å². The molecule has 1 saturated carbocycles. The molecule has 0 aromatic carbocycles. The number of carbonyl (C=O) groups excluding carboxylic acids is 1. The van der Waals surface area contributed by atoms with Crippen molar-refractivity contribution < 1.29 is 9.53 Å². The number of nitrogens with two attached hydrogens (primary N) is 1. The molecule has 1 aliphatic rings. The Hall–Kier alpha value is -0.680. The quantitative estimate of drug-likeness (QED) is 0.556. The molecule has 1 aliphatic carbocycles. The lowest BCUT2D eigenvalue weighted by Crippen LogP contribution is -2.58. The van der Waals surface area contributed by atoms with E-state index in [0.29, 0.717) is 18.0 Å². The Morgan fingerprint density at radius 2 is 2.11 bits per heavy atom. The topological polar surface area (TPSA) is 64.3 Å². The van der Waals surface area contributed by atoms with Gasteiger partial charge in [0, 0.05) is 20.1 Å². The largest absolute Gasteiger partial charge is 0.391 e. The lowest BCUT2D eigenvalue weighted by Gasteiger charge is -2.40. The van der Waals surface area contributed by atoms with Crippen molar-refractivity contribution in [3.05, 3.63) is 0 Å². The molecule has 4 nitrogen and oxygen atoms in total. The number of rotatable bonds is 7. The van der Waals surface area contributed by atoms with Gasteiger partial charge in [-0.1, -0.05) is 25.6 Å². The Kier molecular flexibility index (Phi) is 6.72. The first kappa shape index (κ1) is 16.4. The molecule has 0 bridgehead atoms. The summed E-state index contributed by atoms with van der Waals surface area (Å²) in [5.41, 5.74) is 5.43. The van der Waals surface area contributed by atoms with E-state index in [9.17, 15) is 4.79 Å². The second kappa shape index (κ2) is 7.80. The van der Waals surface area contributed by atoms with Gasteiger partial charge in [0.1, 0.15) is 0 Å². The van der Waals surface area contributed by atoms with Crippen molar-refractivity contribution in [3.63, 3.8) is 0 Å². The van der Waals surface area contributed by atoms with Gasteiger partial charge in [-0.3, -0.25) is 4.79 Å². The number of methoxy groups -OCH3 is 1. The molecule has 19 heavy (non-hydrogen) atoms. The summed E-state index contributed by atoms with van der Waals surface area (Å²) in [6, 6.07) is 0. The summed E-state index contributed by atoms with van der Waals surface area (Å²) < 4.78 is 4.95. The van der Waals surface area contributed by atoms with Crippen molar-refractivity contribution >= 4 is 23.1 Å². The minimum absolute atomic E-state index is 0.0276. The summed E-state index contributed by atoms with van der Waals surface area (Å²) in [5, 5.41) is 3.07. The number of ether oxygens (including phenoxy) is 1. The fourth-order valence-corrected chi connectivity index (χ4v) is 2.97. The third kappa shape index (κ3) is 4.73. The summed E-state index contributed by atoms with van der Waals surface area (Å²) in [6.07, 6.45) is 6.31. The van der Waals surface area contributed by atoms with E-state index in [0.717, 1.165) is 38.0 Å². The minimum atomic E-state index is -0.453. The monoisotopic (exact) mass is 286 g/mol. The number of carbonyl (C=O) groups is 1. The third-order valence-corrected chi connectivity index (χ3v) is 4.53. The van der Waals surface area contributed by atoms with Crippen molar-refractivity contribution in [1.82, 2.24) is 5.32 Å². The first-order valence-corrected chi connectivity index (χ1v) is 7.54. The zero-order valence-corrected chi connectivity index (χ0v) is 12.9. The maximum atomic E-state index is 12.0. The number of hydrogen-bond acceptors (Lipinski definition) is 3. The Labute approximate surface area is 121 Å². The van der Waals surface area contributed by atoms with Crippen LogP contribution in [0.15, 0.2) is 0 Å². The van der Waals surface area contributed by atoms with Gasteiger partial charge in [-0.25, -0.2) is 0 Å². The normalized spacial score (nSPS) is 26.9. The van der Waals surface area contributed by atoms with Gasteiger partial charge in [0.05, 0.1) is 10.5 Å². The summed E-state index contributed by atoms with van der Waals surface area (Å²) in [5.74, 6) is 0.771. The summed E-state index contributed by atoms with van der Waals surface area (Å²) in [6.45, 7) is 2.81. The minimum Gasteiger partial charge on any atom is -0.391 e. The molecule has 0 aromatic heterocycles. The van der Waals surface area contributed by atoms with Crippen LogP contribution >= 0.6 is 12.2 Å². The van der Waals surface area contributed by atoms with E-state index in [1.54, 1.807) is 7.11 Å². The van der Waals surface area contributed by atoms with Crippen LogP contribution in [0, 0.1) is 5.92 Å². The summed E-state index contributed by atoms with van der Waals surface area (Å²) >= 11 is 5.19. The van der Waals surface area contributed by atoms with Crippen LogP contribution in [0.5, 0.6) is 0 Å². The highest BCUT2D eigenvalue weighted by molar-refractivity contribution is 7.80. The van der Waals surface area contributed by atoms with Crippen LogP contribution in [0.25, 0.3) is 0 Å². The molecule has 1 rings (SSSR count). The zero-order chi connectivity index (χ0) is 14.3. The van der Waals surface area contributed by atoms with Gasteiger partial charge in [-0.15, -0.1) is 0 Å². The Bertz CT molecular complexity index is 313. The van der Waals surface area contributed by atoms with Gasteiger partial charge < -0.3 is 15.8 Å². The number of nitrogens with one attached hydrogen (secondary N) is 1. The zero-order valence-electron chi connectivity index (χ0n) is 12.0. The summed E-state index contributed by atoms with van der Waals surface area (Å²) in [4.78, 5) is 12.4. The predicted octanol–water partition coefficient (Wildman–Crippen LogP) is 2.15. The highest BCUT2D eigenvalue weighted by Gasteiger charge is 2.38. The van der Waals surface area contributed by atoms with Crippen molar-refractivity contribution in [2.24, 2.45) is 11.7 Å². The molecule has 1 fully saturated rings. The molecule has 5 heteroatoms. The molecule has 0 aromatic rings. The van der Waals surface area contributed by atoms with Crippen LogP contribution in [0.4, 0.5) is 0 Å². The van der Waals surface area contributed by atoms with Gasteiger partial charge in [0.15, 0.2) is 0 Å². The van der Waals surface area contributed by atoms with Crippen molar-refractivity contribution in [2.75, 3.05) is 13.7 Å². The average Bonchev–Trinajstić information content (AvgIpc) is 2.39. The second-order valence-corrected chi connectivity index (χ2v) is 5.88. The van der Waals surface area contributed by atoms with Crippen molar-refractivity contribution in [1.29, 1.82) is 0 Å². The van der Waals surface area contributed by atoms with Gasteiger partial charge in [0.2, 0.25) is 5.91 Å². The molecular formula is C14H26N2O2S. The first-order chi connectivity index (χ1) is 9.04. The molecule has 0 unspecified atom stereocenters. The Morgan fingerprint density at radius 1 is 1.47 bits per heavy atom.